The molecule has 2 amide bonds. The molecule has 3 fully saturated rings. The maximum absolute atomic E-state index is 12.2. The Hall–Kier alpha value is -1.73. The van der Waals surface area contributed by atoms with Gasteiger partial charge < -0.3 is 39.1 Å². The molecule has 236 valence electrons. The molecule has 10 nitrogen and oxygen atoms in total. The molecule has 1 unspecified atom stereocenters. The molecule has 3 saturated heterocycles. The van der Waals surface area contributed by atoms with Gasteiger partial charge in [-0.2, -0.15) is 0 Å². The van der Waals surface area contributed by atoms with Crippen molar-refractivity contribution in [2.75, 3.05) is 51.0 Å². The molecule has 0 aromatic heterocycles. The molecule has 6 atom stereocenters. The van der Waals surface area contributed by atoms with Crippen molar-refractivity contribution >= 4 is 23.6 Å². The highest BCUT2D eigenvalue weighted by Gasteiger charge is 2.51. The summed E-state index contributed by atoms with van der Waals surface area (Å²) in [6.45, 7) is 4.28. The summed E-state index contributed by atoms with van der Waals surface area (Å²) in [6.07, 6.45) is 6.38. The van der Waals surface area contributed by atoms with E-state index in [0.717, 1.165) is 18.4 Å². The molecule has 0 bridgehead atoms. The predicted molar refractivity (Wildman–Crippen MR) is 160 cm³/mol. The Morgan fingerprint density at radius 3 is 2.12 bits per heavy atom. The summed E-state index contributed by atoms with van der Waals surface area (Å²) >= 11 is 1.27. The lowest BCUT2D eigenvalue weighted by atomic mass is 9.97. The molecular weight excluding hydrogens is 560 g/mol. The maximum atomic E-state index is 12.2. The van der Waals surface area contributed by atoms with Gasteiger partial charge in [-0.3, -0.25) is 9.59 Å². The summed E-state index contributed by atoms with van der Waals surface area (Å²) in [5, 5.41) is 5.72. The van der Waals surface area contributed by atoms with Crippen molar-refractivity contribution in [2.24, 2.45) is 0 Å². The molecule has 4 rings (SSSR count). The van der Waals surface area contributed by atoms with Gasteiger partial charge in [0, 0.05) is 25.3 Å². The lowest BCUT2D eigenvalue weighted by Crippen LogP contribution is -2.64. The fourth-order valence-corrected chi connectivity index (χ4v) is 6.05. The molecule has 0 aliphatic carbocycles. The van der Waals surface area contributed by atoms with Gasteiger partial charge in [0.25, 0.3) is 0 Å². The predicted octanol–water partition coefficient (Wildman–Crippen LogP) is 3.73. The second-order valence-electron chi connectivity index (χ2n) is 10.9. The standard InChI is InChI=1S/C31H48N2O8S/c1-2-3-4-5-6-7-8-12-17-38-31-29-28(27-24(40-31)20-39-30(41-27)23-13-10-9-11-14-23)36-18-15-32-25(34)21-42-22-26(35)33-16-19-37-29/h9-11,13-14,24,27-31H,2-8,12,15-22H2,1H3,(H,32,34)(H,33,35)/t24-,27-,28+,29-,30?,31-/m1/s1. The minimum Gasteiger partial charge on any atom is -0.371 e. The first-order valence-electron chi connectivity index (χ1n) is 15.6. The Morgan fingerprint density at radius 2 is 1.43 bits per heavy atom. The first-order valence-corrected chi connectivity index (χ1v) is 16.7. The number of unbranched alkanes of at least 4 members (excludes halogenated alkanes) is 7. The molecule has 3 aliphatic rings. The first-order chi connectivity index (χ1) is 20.7. The molecule has 3 heterocycles. The molecule has 0 saturated carbocycles. The Kier molecular flexibility index (Phi) is 14.9. The van der Waals surface area contributed by atoms with Crippen molar-refractivity contribution in [3.05, 3.63) is 35.9 Å². The molecule has 42 heavy (non-hydrogen) atoms. The largest absolute Gasteiger partial charge is 0.371 e. The number of hydrogen-bond acceptors (Lipinski definition) is 9. The van der Waals surface area contributed by atoms with Crippen LogP contribution in [-0.2, 0) is 38.0 Å². The maximum Gasteiger partial charge on any atom is 0.230 e. The summed E-state index contributed by atoms with van der Waals surface area (Å²) in [5.41, 5.74) is 0.908. The van der Waals surface area contributed by atoms with Gasteiger partial charge in [0.1, 0.15) is 24.4 Å². The van der Waals surface area contributed by atoms with E-state index in [1.165, 1.54) is 50.3 Å². The molecule has 0 radical (unpaired) electrons. The highest BCUT2D eigenvalue weighted by atomic mass is 32.2. The van der Waals surface area contributed by atoms with Crippen molar-refractivity contribution in [2.45, 2.75) is 95.3 Å². The number of rotatable bonds is 11. The Labute approximate surface area is 254 Å². The number of hydrogen-bond donors (Lipinski definition) is 2. The minimum atomic E-state index is -0.683. The molecule has 1 aromatic carbocycles. The Bertz CT molecular complexity index is 925. The van der Waals surface area contributed by atoms with Crippen molar-refractivity contribution in [1.29, 1.82) is 0 Å². The van der Waals surface area contributed by atoms with Crippen LogP contribution in [-0.4, -0.2) is 93.5 Å². The van der Waals surface area contributed by atoms with Crippen molar-refractivity contribution in [1.82, 2.24) is 10.6 Å². The fraction of sp³-hybridized carbons (Fsp3) is 0.742. The van der Waals surface area contributed by atoms with E-state index < -0.39 is 37.0 Å². The minimum absolute atomic E-state index is 0.137. The normalized spacial score (nSPS) is 29.7. The van der Waals surface area contributed by atoms with Crippen LogP contribution in [0.15, 0.2) is 30.3 Å². The van der Waals surface area contributed by atoms with E-state index in [2.05, 4.69) is 17.6 Å². The second kappa shape index (κ2) is 18.8. The average molecular weight is 609 g/mol. The number of carbonyl (C=O) groups excluding carboxylic acids is 2. The van der Waals surface area contributed by atoms with E-state index in [0.29, 0.717) is 26.3 Å². The molecule has 2 N–H and O–H groups in total. The zero-order valence-electron chi connectivity index (χ0n) is 24.8. The Balaban J connectivity index is 1.42. The van der Waals surface area contributed by atoms with Gasteiger partial charge in [0.05, 0.1) is 31.3 Å². The van der Waals surface area contributed by atoms with Crippen LogP contribution < -0.4 is 10.6 Å². The summed E-state index contributed by atoms with van der Waals surface area (Å²) in [4.78, 5) is 24.4. The summed E-state index contributed by atoms with van der Waals surface area (Å²) in [6, 6.07) is 9.77. The quantitative estimate of drug-likeness (QED) is 0.363. The van der Waals surface area contributed by atoms with Gasteiger partial charge in [-0.1, -0.05) is 82.2 Å². The average Bonchev–Trinajstić information content (AvgIpc) is 3.01. The summed E-state index contributed by atoms with van der Waals surface area (Å²) in [7, 11) is 0. The van der Waals surface area contributed by atoms with Gasteiger partial charge in [0.2, 0.25) is 11.8 Å². The van der Waals surface area contributed by atoms with Crippen molar-refractivity contribution in [3.8, 4) is 0 Å². The van der Waals surface area contributed by atoms with Gasteiger partial charge in [0.15, 0.2) is 12.6 Å². The lowest BCUT2D eigenvalue weighted by Gasteiger charge is -2.49. The van der Waals surface area contributed by atoms with E-state index in [9.17, 15) is 9.59 Å². The third-order valence-corrected chi connectivity index (χ3v) is 8.50. The van der Waals surface area contributed by atoms with Crippen LogP contribution >= 0.6 is 11.8 Å². The van der Waals surface area contributed by atoms with Crippen LogP contribution in [0.4, 0.5) is 0 Å². The number of thioether (sulfide) groups is 1. The SMILES string of the molecule is CCCCCCCCCCO[C@@H]1O[C@@H]2COC(c3ccccc3)O[C@H]2[C@@H]2OCCNC(=O)CSCC(=O)NCCO[C@@H]12. The topological polar surface area (TPSA) is 114 Å². The van der Waals surface area contributed by atoms with E-state index >= 15 is 0 Å². The molecule has 11 heteroatoms. The van der Waals surface area contributed by atoms with E-state index in [1.807, 2.05) is 30.3 Å². The van der Waals surface area contributed by atoms with E-state index in [-0.39, 0.29) is 36.5 Å². The van der Waals surface area contributed by atoms with E-state index in [1.54, 1.807) is 0 Å². The lowest BCUT2D eigenvalue weighted by molar-refractivity contribution is -0.370. The van der Waals surface area contributed by atoms with Crippen LogP contribution in [0.3, 0.4) is 0 Å². The first kappa shape index (κ1) is 33.2. The van der Waals surface area contributed by atoms with Gasteiger partial charge in [-0.05, 0) is 6.42 Å². The zero-order valence-corrected chi connectivity index (χ0v) is 25.7. The molecule has 0 spiro atoms. The summed E-state index contributed by atoms with van der Waals surface area (Å²) in [5.74, 6) is 0.145. The van der Waals surface area contributed by atoms with Crippen molar-refractivity contribution < 1.29 is 38.0 Å². The number of amides is 2. The molecule has 1 aromatic rings. The number of carbonyl (C=O) groups is 2. The molecular formula is C31H48N2O8S. The summed E-state index contributed by atoms with van der Waals surface area (Å²) < 4.78 is 37.9. The highest BCUT2D eigenvalue weighted by Crippen LogP contribution is 2.36. The third kappa shape index (κ3) is 10.8. The van der Waals surface area contributed by atoms with Crippen molar-refractivity contribution in [3.63, 3.8) is 0 Å². The Morgan fingerprint density at radius 1 is 0.786 bits per heavy atom. The number of fused-ring (bicyclic) bond motifs is 3. The van der Waals surface area contributed by atoms with Crippen LogP contribution in [0.5, 0.6) is 0 Å². The third-order valence-electron chi connectivity index (χ3n) is 7.57. The monoisotopic (exact) mass is 608 g/mol. The van der Waals surface area contributed by atoms with Gasteiger partial charge in [-0.15, -0.1) is 11.8 Å². The highest BCUT2D eigenvalue weighted by molar-refractivity contribution is 8.00. The van der Waals surface area contributed by atoms with Gasteiger partial charge >= 0.3 is 0 Å². The number of ether oxygens (including phenoxy) is 6. The van der Waals surface area contributed by atoms with E-state index in [4.69, 9.17) is 28.4 Å². The smallest absolute Gasteiger partial charge is 0.230 e. The van der Waals surface area contributed by atoms with Gasteiger partial charge in [-0.25, -0.2) is 0 Å². The fourth-order valence-electron chi connectivity index (χ4n) is 5.37. The van der Waals surface area contributed by atoms with Crippen LogP contribution in [0.25, 0.3) is 0 Å². The zero-order chi connectivity index (χ0) is 29.4. The van der Waals surface area contributed by atoms with Crippen LogP contribution in [0.1, 0.15) is 70.1 Å². The number of nitrogens with one attached hydrogen (secondary N) is 2. The second-order valence-corrected chi connectivity index (χ2v) is 11.9. The molecule has 3 aliphatic heterocycles. The number of benzene rings is 1. The van der Waals surface area contributed by atoms with Crippen LogP contribution in [0, 0.1) is 0 Å². The van der Waals surface area contributed by atoms with Crippen LogP contribution in [0.2, 0.25) is 0 Å².